The first kappa shape index (κ1) is 17.1. The van der Waals surface area contributed by atoms with Crippen molar-refractivity contribution in [2.75, 3.05) is 15.9 Å². The highest BCUT2D eigenvalue weighted by molar-refractivity contribution is 7.92. The van der Waals surface area contributed by atoms with Crippen molar-refractivity contribution in [2.45, 2.75) is 13.1 Å². The molecule has 2 aromatic carbocycles. The molecule has 5 nitrogen and oxygen atoms in total. The Labute approximate surface area is 148 Å². The van der Waals surface area contributed by atoms with Gasteiger partial charge in [-0.1, -0.05) is 30.3 Å². The van der Waals surface area contributed by atoms with Crippen LogP contribution in [0.4, 0.5) is 11.4 Å². The maximum Gasteiger partial charge on any atom is 0.229 e. The van der Waals surface area contributed by atoms with Crippen molar-refractivity contribution in [3.8, 4) is 0 Å². The van der Waals surface area contributed by atoms with E-state index in [2.05, 4.69) is 21.8 Å². The average Bonchev–Trinajstić information content (AvgIpc) is 3.08. The SMILES string of the molecule is CS(=O)(=O)Nc1ccc(CN(Cc2ccco2)c2ccccc2)cc1. The summed E-state index contributed by atoms with van der Waals surface area (Å²) in [5.74, 6) is 0.888. The van der Waals surface area contributed by atoms with Crippen LogP contribution in [0.25, 0.3) is 0 Å². The lowest BCUT2D eigenvalue weighted by molar-refractivity contribution is 0.501. The molecule has 3 aromatic rings. The minimum absolute atomic E-state index is 0.559. The van der Waals surface area contributed by atoms with Crippen LogP contribution in [0.15, 0.2) is 77.4 Å². The van der Waals surface area contributed by atoms with E-state index in [0.717, 1.165) is 23.3 Å². The van der Waals surface area contributed by atoms with Gasteiger partial charge in [0.05, 0.1) is 19.1 Å². The predicted octanol–water partition coefficient (Wildman–Crippen LogP) is 3.86. The first-order valence-electron chi connectivity index (χ1n) is 7.89. The third-order valence-corrected chi connectivity index (χ3v) is 4.29. The molecule has 0 aliphatic heterocycles. The van der Waals surface area contributed by atoms with Crippen LogP contribution in [0.3, 0.4) is 0 Å². The molecule has 0 fully saturated rings. The minimum Gasteiger partial charge on any atom is -0.467 e. The van der Waals surface area contributed by atoms with Crippen LogP contribution < -0.4 is 9.62 Å². The molecule has 25 heavy (non-hydrogen) atoms. The second-order valence-corrected chi connectivity index (χ2v) is 7.59. The van der Waals surface area contributed by atoms with Crippen LogP contribution in [0.5, 0.6) is 0 Å². The van der Waals surface area contributed by atoms with Crippen LogP contribution >= 0.6 is 0 Å². The number of nitrogens with one attached hydrogen (secondary N) is 1. The molecule has 0 radical (unpaired) electrons. The maximum atomic E-state index is 11.3. The number of para-hydroxylation sites is 1. The zero-order chi connectivity index (χ0) is 17.7. The van der Waals surface area contributed by atoms with E-state index < -0.39 is 10.0 Å². The molecule has 0 spiro atoms. The Morgan fingerprint density at radius 3 is 2.24 bits per heavy atom. The van der Waals surface area contributed by atoms with E-state index in [1.165, 1.54) is 0 Å². The second kappa shape index (κ2) is 7.44. The molecule has 1 heterocycles. The van der Waals surface area contributed by atoms with E-state index in [0.29, 0.717) is 18.8 Å². The molecule has 0 atom stereocenters. The summed E-state index contributed by atoms with van der Waals surface area (Å²) in [4.78, 5) is 2.21. The van der Waals surface area contributed by atoms with E-state index in [4.69, 9.17) is 4.42 Å². The summed E-state index contributed by atoms with van der Waals surface area (Å²) >= 11 is 0. The monoisotopic (exact) mass is 356 g/mol. The summed E-state index contributed by atoms with van der Waals surface area (Å²) in [6.45, 7) is 1.34. The van der Waals surface area contributed by atoms with Crippen LogP contribution in [0.2, 0.25) is 0 Å². The fourth-order valence-electron chi connectivity index (χ4n) is 2.58. The van der Waals surface area contributed by atoms with Gasteiger partial charge in [0.25, 0.3) is 0 Å². The van der Waals surface area contributed by atoms with E-state index in [-0.39, 0.29) is 0 Å². The van der Waals surface area contributed by atoms with Crippen molar-refractivity contribution in [3.05, 3.63) is 84.3 Å². The molecule has 1 N–H and O–H groups in total. The third-order valence-electron chi connectivity index (χ3n) is 3.68. The third kappa shape index (κ3) is 5.12. The van der Waals surface area contributed by atoms with Gasteiger partial charge in [-0.15, -0.1) is 0 Å². The molecule has 0 bridgehead atoms. The summed E-state index contributed by atoms with van der Waals surface area (Å²) in [6, 6.07) is 21.3. The lowest BCUT2D eigenvalue weighted by Crippen LogP contribution is -2.21. The van der Waals surface area contributed by atoms with E-state index in [1.807, 2.05) is 42.5 Å². The van der Waals surface area contributed by atoms with Gasteiger partial charge in [0.2, 0.25) is 10.0 Å². The standard InChI is InChI=1S/C19H20N2O3S/c1-25(22,23)20-17-11-9-16(10-12-17)14-21(15-19-8-5-13-24-19)18-6-3-2-4-7-18/h2-13,20H,14-15H2,1H3. The molecule has 6 heteroatoms. The van der Waals surface area contributed by atoms with Crippen molar-refractivity contribution in [1.29, 1.82) is 0 Å². The molecule has 0 unspecified atom stereocenters. The highest BCUT2D eigenvalue weighted by Gasteiger charge is 2.10. The minimum atomic E-state index is -3.26. The molecule has 0 amide bonds. The van der Waals surface area contributed by atoms with Crippen LogP contribution in [-0.2, 0) is 23.1 Å². The summed E-state index contributed by atoms with van der Waals surface area (Å²) in [5, 5.41) is 0. The Kier molecular flexibility index (Phi) is 5.09. The van der Waals surface area contributed by atoms with E-state index >= 15 is 0 Å². The van der Waals surface area contributed by atoms with E-state index in [9.17, 15) is 8.42 Å². The van der Waals surface area contributed by atoms with Gasteiger partial charge in [0, 0.05) is 17.9 Å². The van der Waals surface area contributed by atoms with Crippen molar-refractivity contribution in [3.63, 3.8) is 0 Å². The molecular weight excluding hydrogens is 336 g/mol. The summed E-state index contributed by atoms with van der Waals surface area (Å²) < 4.78 is 30.5. The number of hydrogen-bond donors (Lipinski definition) is 1. The van der Waals surface area contributed by atoms with Crippen molar-refractivity contribution in [2.24, 2.45) is 0 Å². The maximum absolute atomic E-state index is 11.3. The zero-order valence-corrected chi connectivity index (χ0v) is 14.7. The van der Waals surface area contributed by atoms with Crippen molar-refractivity contribution < 1.29 is 12.8 Å². The Bertz CT molecular complexity index is 890. The molecule has 1 aromatic heterocycles. The number of furan rings is 1. The predicted molar refractivity (Wildman–Crippen MR) is 99.9 cm³/mol. The van der Waals surface area contributed by atoms with Gasteiger partial charge in [0.1, 0.15) is 5.76 Å². The van der Waals surface area contributed by atoms with Gasteiger partial charge in [-0.05, 0) is 42.0 Å². The molecule has 0 aliphatic carbocycles. The number of anilines is 2. The highest BCUT2D eigenvalue weighted by atomic mass is 32.2. The molecule has 3 rings (SSSR count). The number of hydrogen-bond acceptors (Lipinski definition) is 4. The molecule has 0 saturated heterocycles. The van der Waals surface area contributed by atoms with Crippen molar-refractivity contribution >= 4 is 21.4 Å². The number of nitrogens with zero attached hydrogens (tertiary/aromatic N) is 1. The van der Waals surface area contributed by atoms with Crippen LogP contribution in [0, 0.1) is 0 Å². The lowest BCUT2D eigenvalue weighted by atomic mass is 10.1. The van der Waals surface area contributed by atoms with Gasteiger partial charge in [-0.25, -0.2) is 8.42 Å². The fourth-order valence-corrected chi connectivity index (χ4v) is 3.14. The van der Waals surface area contributed by atoms with Crippen LogP contribution in [-0.4, -0.2) is 14.7 Å². The lowest BCUT2D eigenvalue weighted by Gasteiger charge is -2.24. The Balaban J connectivity index is 1.78. The number of rotatable bonds is 7. The first-order chi connectivity index (χ1) is 12.0. The summed E-state index contributed by atoms with van der Waals surface area (Å²) in [5.41, 5.74) is 2.73. The smallest absolute Gasteiger partial charge is 0.229 e. The Morgan fingerprint density at radius 1 is 0.920 bits per heavy atom. The number of benzene rings is 2. The fraction of sp³-hybridized carbons (Fsp3) is 0.158. The van der Waals surface area contributed by atoms with Gasteiger partial charge < -0.3 is 9.32 Å². The van der Waals surface area contributed by atoms with Gasteiger partial charge in [-0.3, -0.25) is 4.72 Å². The Hall–Kier alpha value is -2.73. The second-order valence-electron chi connectivity index (χ2n) is 5.84. The largest absolute Gasteiger partial charge is 0.467 e. The van der Waals surface area contributed by atoms with Gasteiger partial charge in [-0.2, -0.15) is 0 Å². The topological polar surface area (TPSA) is 62.6 Å². The summed E-state index contributed by atoms with van der Waals surface area (Å²) in [7, 11) is -3.26. The first-order valence-corrected chi connectivity index (χ1v) is 9.78. The van der Waals surface area contributed by atoms with Gasteiger partial charge in [0.15, 0.2) is 0 Å². The van der Waals surface area contributed by atoms with Gasteiger partial charge >= 0.3 is 0 Å². The molecule has 0 aliphatic rings. The van der Waals surface area contributed by atoms with E-state index in [1.54, 1.807) is 18.4 Å². The Morgan fingerprint density at radius 2 is 1.64 bits per heavy atom. The normalized spacial score (nSPS) is 11.2. The quantitative estimate of drug-likeness (QED) is 0.698. The molecule has 130 valence electrons. The summed E-state index contributed by atoms with van der Waals surface area (Å²) in [6.07, 6.45) is 2.81. The van der Waals surface area contributed by atoms with Crippen LogP contribution in [0.1, 0.15) is 11.3 Å². The molecular formula is C19H20N2O3S. The van der Waals surface area contributed by atoms with Crippen molar-refractivity contribution in [1.82, 2.24) is 0 Å². The zero-order valence-electron chi connectivity index (χ0n) is 13.9. The highest BCUT2D eigenvalue weighted by Crippen LogP contribution is 2.21. The molecule has 0 saturated carbocycles. The average molecular weight is 356 g/mol. The number of sulfonamides is 1.